The Morgan fingerprint density at radius 2 is 1.51 bits per heavy atom. The molecule has 0 aromatic heterocycles. The number of hydrogen-bond donors (Lipinski definition) is 0. The Morgan fingerprint density at radius 3 is 2.03 bits per heavy atom. The van der Waals surface area contributed by atoms with E-state index in [1.54, 1.807) is 6.92 Å². The van der Waals surface area contributed by atoms with Crippen LogP contribution in [0.15, 0.2) is 12.2 Å². The lowest BCUT2D eigenvalue weighted by Crippen LogP contribution is -2.44. The summed E-state index contributed by atoms with van der Waals surface area (Å²) >= 11 is 0. The molecule has 214 valence electrons. The Kier molecular flexibility index (Phi) is 12.3. The summed E-state index contributed by atoms with van der Waals surface area (Å²) in [5.41, 5.74) is 0. The molecule has 0 aromatic rings. The minimum atomic E-state index is -1.91. The van der Waals surface area contributed by atoms with Crippen molar-refractivity contribution >= 4 is 14.1 Å². The molecule has 0 N–H and O–H groups in total. The maximum Gasteiger partial charge on any atom is 0.191 e. The Bertz CT molecular complexity index is 705. The smallest absolute Gasteiger partial charge is 0.191 e. The molecule has 6 nitrogen and oxygen atoms in total. The van der Waals surface area contributed by atoms with Crippen LogP contribution in [-0.2, 0) is 28.2 Å². The van der Waals surface area contributed by atoms with Gasteiger partial charge in [-0.2, -0.15) is 0 Å². The van der Waals surface area contributed by atoms with E-state index in [1.807, 2.05) is 0 Å². The first-order valence-electron chi connectivity index (χ1n) is 14.9. The van der Waals surface area contributed by atoms with Gasteiger partial charge >= 0.3 is 0 Å². The quantitative estimate of drug-likeness (QED) is 0.141. The number of rotatable bonds is 13. The molecule has 2 aliphatic heterocycles. The van der Waals surface area contributed by atoms with Crippen molar-refractivity contribution in [1.82, 2.24) is 0 Å². The van der Waals surface area contributed by atoms with Gasteiger partial charge in [0.2, 0.25) is 0 Å². The van der Waals surface area contributed by atoms with Crippen LogP contribution in [0.25, 0.3) is 0 Å². The van der Waals surface area contributed by atoms with Gasteiger partial charge in [0.15, 0.2) is 20.9 Å². The van der Waals surface area contributed by atoms with Crippen LogP contribution in [0.4, 0.5) is 0 Å². The highest BCUT2D eigenvalue weighted by molar-refractivity contribution is 6.74. The maximum absolute atomic E-state index is 11.3. The molecule has 37 heavy (non-hydrogen) atoms. The summed E-state index contributed by atoms with van der Waals surface area (Å²) in [4.78, 5) is 11.3. The van der Waals surface area contributed by atoms with Crippen molar-refractivity contribution < 1.29 is 28.2 Å². The maximum atomic E-state index is 11.3. The molecule has 7 heteroatoms. The van der Waals surface area contributed by atoms with Crippen LogP contribution in [0.5, 0.6) is 0 Å². The lowest BCUT2D eigenvalue weighted by molar-refractivity contribution is -0.204. The van der Waals surface area contributed by atoms with E-state index >= 15 is 0 Å². The van der Waals surface area contributed by atoms with Crippen LogP contribution < -0.4 is 0 Å². The van der Waals surface area contributed by atoms with Gasteiger partial charge in [0, 0.05) is 38.6 Å². The molecular formula is C30H54O6Si. The lowest BCUT2D eigenvalue weighted by Gasteiger charge is -2.39. The number of ketones is 1. The van der Waals surface area contributed by atoms with Crippen LogP contribution in [0.2, 0.25) is 18.1 Å². The SMILES string of the molecule is CC(=O)CCC/C=C\C[C@@H]1[C@@H](CO[Si](C)(C)C(C)(C)C)[C@H](OC2CCCCO2)C[C@H]1OC1CCCCO1. The van der Waals surface area contributed by atoms with Gasteiger partial charge in [-0.25, -0.2) is 0 Å². The van der Waals surface area contributed by atoms with Gasteiger partial charge in [-0.3, -0.25) is 0 Å². The summed E-state index contributed by atoms with van der Waals surface area (Å²) < 4.78 is 32.1. The van der Waals surface area contributed by atoms with Crippen molar-refractivity contribution in [3.05, 3.63) is 12.2 Å². The molecule has 0 radical (unpaired) electrons. The van der Waals surface area contributed by atoms with Crippen molar-refractivity contribution in [2.24, 2.45) is 11.8 Å². The van der Waals surface area contributed by atoms with E-state index in [2.05, 4.69) is 46.0 Å². The summed E-state index contributed by atoms with van der Waals surface area (Å²) in [7, 11) is -1.91. The van der Waals surface area contributed by atoms with E-state index in [9.17, 15) is 4.79 Å². The van der Waals surface area contributed by atoms with Crippen molar-refractivity contribution in [3.63, 3.8) is 0 Å². The van der Waals surface area contributed by atoms with Gasteiger partial charge in [-0.15, -0.1) is 0 Å². The van der Waals surface area contributed by atoms with Gasteiger partial charge in [0.25, 0.3) is 0 Å². The minimum absolute atomic E-state index is 0.0533. The largest absolute Gasteiger partial charge is 0.416 e. The van der Waals surface area contributed by atoms with Gasteiger partial charge in [0.05, 0.1) is 12.2 Å². The number of Topliss-reactive ketones (excluding diaryl/α,β-unsaturated/α-hetero) is 1. The fourth-order valence-electron chi connectivity index (χ4n) is 5.39. The van der Waals surface area contributed by atoms with Crippen LogP contribution in [-0.4, -0.2) is 58.7 Å². The predicted molar refractivity (Wildman–Crippen MR) is 150 cm³/mol. The Labute approximate surface area is 227 Å². The number of carbonyl (C=O) groups is 1. The Morgan fingerprint density at radius 1 is 0.919 bits per heavy atom. The fraction of sp³-hybridized carbons (Fsp3) is 0.900. The zero-order valence-electron chi connectivity index (χ0n) is 24.5. The van der Waals surface area contributed by atoms with Crippen molar-refractivity contribution in [2.75, 3.05) is 19.8 Å². The number of ether oxygens (including phenoxy) is 4. The molecular weight excluding hydrogens is 484 g/mol. The van der Waals surface area contributed by atoms with Gasteiger partial charge in [-0.05, 0) is 88.8 Å². The third kappa shape index (κ3) is 9.84. The second kappa shape index (κ2) is 14.7. The second-order valence-corrected chi connectivity index (χ2v) is 17.7. The molecule has 1 aliphatic carbocycles. The molecule has 3 aliphatic rings. The normalized spacial score (nSPS) is 31.7. The predicted octanol–water partition coefficient (Wildman–Crippen LogP) is 7.17. The number of hydrogen-bond acceptors (Lipinski definition) is 6. The summed E-state index contributed by atoms with van der Waals surface area (Å²) in [6, 6.07) is 0. The lowest BCUT2D eigenvalue weighted by atomic mass is 9.90. The highest BCUT2D eigenvalue weighted by atomic mass is 28.4. The second-order valence-electron chi connectivity index (χ2n) is 12.9. The first-order chi connectivity index (χ1) is 17.6. The highest BCUT2D eigenvalue weighted by Crippen LogP contribution is 2.43. The summed E-state index contributed by atoms with van der Waals surface area (Å²) in [5.74, 6) is 0.806. The molecule has 2 saturated heterocycles. The molecule has 2 unspecified atom stereocenters. The Balaban J connectivity index is 1.74. The first-order valence-corrected chi connectivity index (χ1v) is 17.8. The number of unbranched alkanes of at least 4 members (excludes halogenated alkanes) is 1. The van der Waals surface area contributed by atoms with Crippen molar-refractivity contribution in [3.8, 4) is 0 Å². The van der Waals surface area contributed by atoms with Crippen molar-refractivity contribution in [1.29, 1.82) is 0 Å². The zero-order valence-corrected chi connectivity index (χ0v) is 25.5. The molecule has 0 amide bonds. The van der Waals surface area contributed by atoms with Crippen LogP contribution >= 0.6 is 0 Å². The summed E-state index contributed by atoms with van der Waals surface area (Å²) in [5, 5.41) is 0.159. The number of carbonyl (C=O) groups excluding carboxylic acids is 1. The molecule has 6 atom stereocenters. The first kappa shape index (κ1) is 31.0. The van der Waals surface area contributed by atoms with Crippen LogP contribution in [0, 0.1) is 11.8 Å². The number of allylic oxidation sites excluding steroid dienone is 2. The van der Waals surface area contributed by atoms with Crippen LogP contribution in [0.3, 0.4) is 0 Å². The molecule has 0 aromatic carbocycles. The molecule has 0 bridgehead atoms. The average Bonchev–Trinajstić information content (AvgIpc) is 3.15. The minimum Gasteiger partial charge on any atom is -0.416 e. The van der Waals surface area contributed by atoms with Gasteiger partial charge < -0.3 is 28.2 Å². The Hall–Kier alpha value is -0.573. The van der Waals surface area contributed by atoms with E-state index in [4.69, 9.17) is 23.4 Å². The monoisotopic (exact) mass is 538 g/mol. The van der Waals surface area contributed by atoms with Crippen molar-refractivity contribution in [2.45, 2.75) is 141 Å². The topological polar surface area (TPSA) is 63.2 Å². The zero-order chi connectivity index (χ0) is 26.9. The summed E-state index contributed by atoms with van der Waals surface area (Å²) in [6.07, 6.45) is 15.2. The van der Waals surface area contributed by atoms with Gasteiger partial charge in [0.1, 0.15) is 5.78 Å². The third-order valence-corrected chi connectivity index (χ3v) is 13.3. The van der Waals surface area contributed by atoms with E-state index in [-0.39, 0.29) is 41.5 Å². The average molecular weight is 539 g/mol. The van der Waals surface area contributed by atoms with Gasteiger partial charge in [-0.1, -0.05) is 32.9 Å². The van der Waals surface area contributed by atoms with Crippen LogP contribution in [0.1, 0.15) is 98.3 Å². The molecule has 3 rings (SSSR count). The molecule has 1 saturated carbocycles. The van der Waals surface area contributed by atoms with E-state index in [0.29, 0.717) is 18.9 Å². The standard InChI is InChI=1S/C30H54O6Si/c1-23(31)15-9-7-8-10-16-24-25(22-34-37(5,6)30(2,3)4)27(36-29-18-12-14-20-33-29)21-26(24)35-28-17-11-13-19-32-28/h8,10,24-29H,7,9,11-22H2,1-6H3/b10-8-/t24-,25-,26-,27-,28?,29?/m1/s1. The summed E-state index contributed by atoms with van der Waals surface area (Å²) in [6.45, 7) is 15.5. The van der Waals surface area contributed by atoms with E-state index < -0.39 is 8.32 Å². The highest BCUT2D eigenvalue weighted by Gasteiger charge is 2.48. The molecule has 2 heterocycles. The fourth-order valence-corrected chi connectivity index (χ4v) is 6.43. The third-order valence-electron chi connectivity index (χ3n) is 8.82. The molecule has 3 fully saturated rings. The molecule has 0 spiro atoms. The van der Waals surface area contributed by atoms with E-state index in [1.165, 1.54) is 0 Å². The van der Waals surface area contributed by atoms with E-state index in [0.717, 1.165) is 77.4 Å².